The summed E-state index contributed by atoms with van der Waals surface area (Å²) in [6.45, 7) is 1.72. The van der Waals surface area contributed by atoms with Crippen molar-refractivity contribution in [3.05, 3.63) is 29.9 Å². The minimum atomic E-state index is -4.65. The first-order valence-corrected chi connectivity index (χ1v) is 6.17. The van der Waals surface area contributed by atoms with Gasteiger partial charge in [0.05, 0.1) is 11.6 Å². The molecule has 1 N–H and O–H groups in total. The number of nitrogens with zero attached hydrogens (tertiary/aromatic N) is 5. The van der Waals surface area contributed by atoms with Gasteiger partial charge in [0.2, 0.25) is 5.82 Å². The zero-order valence-electron chi connectivity index (χ0n) is 11.0. The fourth-order valence-corrected chi connectivity index (χ4v) is 2.15. The third kappa shape index (κ3) is 1.76. The van der Waals surface area contributed by atoms with Gasteiger partial charge in [-0.3, -0.25) is 5.10 Å². The van der Waals surface area contributed by atoms with Crippen LogP contribution >= 0.6 is 0 Å². The molecule has 0 amide bonds. The van der Waals surface area contributed by atoms with Gasteiger partial charge in [0.1, 0.15) is 5.76 Å². The predicted octanol–water partition coefficient (Wildman–Crippen LogP) is 2.59. The van der Waals surface area contributed by atoms with Crippen LogP contribution < -0.4 is 0 Å². The van der Waals surface area contributed by atoms with Gasteiger partial charge in [0.15, 0.2) is 17.1 Å². The maximum Gasteiger partial charge on any atom is 0.453 e. The molecule has 0 aromatic carbocycles. The summed E-state index contributed by atoms with van der Waals surface area (Å²) in [7, 11) is 0. The van der Waals surface area contributed by atoms with Crippen molar-refractivity contribution in [3.63, 3.8) is 0 Å². The second kappa shape index (κ2) is 4.06. The zero-order valence-corrected chi connectivity index (χ0v) is 11.0. The SMILES string of the molecule is Cc1ccc(-c2nc3[nH]ncc3c3nc(C(F)(F)F)nn23)o1. The van der Waals surface area contributed by atoms with Crippen LogP contribution in [-0.2, 0) is 6.18 Å². The molecular formula is C12H7F3N6O. The molecule has 0 aliphatic rings. The zero-order chi connectivity index (χ0) is 15.5. The molecule has 0 saturated heterocycles. The fraction of sp³-hybridized carbons (Fsp3) is 0.167. The van der Waals surface area contributed by atoms with Crippen molar-refractivity contribution in [2.75, 3.05) is 0 Å². The van der Waals surface area contributed by atoms with Crippen molar-refractivity contribution in [3.8, 4) is 11.6 Å². The molecule has 4 aromatic rings. The van der Waals surface area contributed by atoms with Crippen LogP contribution in [0.2, 0.25) is 0 Å². The van der Waals surface area contributed by atoms with Crippen molar-refractivity contribution in [1.29, 1.82) is 0 Å². The average Bonchev–Trinajstić information content (AvgIpc) is 3.13. The number of hydrogen-bond donors (Lipinski definition) is 1. The van der Waals surface area contributed by atoms with Gasteiger partial charge in [-0.05, 0) is 19.1 Å². The second-order valence-corrected chi connectivity index (χ2v) is 4.65. The van der Waals surface area contributed by atoms with Crippen LogP contribution in [0.15, 0.2) is 22.7 Å². The van der Waals surface area contributed by atoms with E-state index in [1.807, 2.05) is 0 Å². The van der Waals surface area contributed by atoms with E-state index in [0.717, 1.165) is 4.52 Å². The summed E-state index contributed by atoms with van der Waals surface area (Å²) in [5, 5.41) is 10.3. The van der Waals surface area contributed by atoms with Crippen LogP contribution in [0.5, 0.6) is 0 Å². The van der Waals surface area contributed by atoms with E-state index in [1.54, 1.807) is 19.1 Å². The summed E-state index contributed by atoms with van der Waals surface area (Å²) in [6, 6.07) is 3.29. The lowest BCUT2D eigenvalue weighted by atomic mass is 10.3. The smallest absolute Gasteiger partial charge is 0.453 e. The molecule has 0 atom stereocenters. The van der Waals surface area contributed by atoms with Gasteiger partial charge in [0.25, 0.3) is 5.82 Å². The fourth-order valence-electron chi connectivity index (χ4n) is 2.15. The standard InChI is InChI=1S/C12H7F3N6O/c1-5-2-3-7(22-5)10-17-8-6(4-16-19-8)9-18-11(12(13,14)15)20-21(9)10/h2-4H,1H3,(H,16,19). The highest BCUT2D eigenvalue weighted by molar-refractivity contribution is 5.89. The van der Waals surface area contributed by atoms with Crippen LogP contribution in [0.25, 0.3) is 28.3 Å². The van der Waals surface area contributed by atoms with Crippen molar-refractivity contribution in [2.45, 2.75) is 13.1 Å². The third-order valence-electron chi connectivity index (χ3n) is 3.10. The van der Waals surface area contributed by atoms with Crippen molar-refractivity contribution in [1.82, 2.24) is 29.8 Å². The number of hydrogen-bond acceptors (Lipinski definition) is 5. The Labute approximate surface area is 119 Å². The Balaban J connectivity index is 2.11. The van der Waals surface area contributed by atoms with Gasteiger partial charge < -0.3 is 4.42 Å². The summed E-state index contributed by atoms with van der Waals surface area (Å²) in [6.07, 6.45) is -3.30. The second-order valence-electron chi connectivity index (χ2n) is 4.65. The van der Waals surface area contributed by atoms with E-state index in [1.165, 1.54) is 6.20 Å². The van der Waals surface area contributed by atoms with E-state index in [9.17, 15) is 13.2 Å². The first-order valence-electron chi connectivity index (χ1n) is 6.17. The highest BCUT2D eigenvalue weighted by Crippen LogP contribution is 2.30. The number of fused-ring (bicyclic) bond motifs is 3. The highest BCUT2D eigenvalue weighted by Gasteiger charge is 2.37. The number of aromatic nitrogens is 6. The number of aromatic amines is 1. The summed E-state index contributed by atoms with van der Waals surface area (Å²) >= 11 is 0. The number of halogens is 3. The summed E-state index contributed by atoms with van der Waals surface area (Å²) in [4.78, 5) is 7.79. The first kappa shape index (κ1) is 12.8. The molecule has 0 radical (unpaired) electrons. The van der Waals surface area contributed by atoms with Gasteiger partial charge in [-0.15, -0.1) is 5.10 Å². The minimum absolute atomic E-state index is 0.00938. The molecule has 0 saturated carbocycles. The van der Waals surface area contributed by atoms with Crippen LogP contribution in [-0.4, -0.2) is 29.8 Å². The van der Waals surface area contributed by atoms with E-state index in [2.05, 4.69) is 25.3 Å². The molecule has 0 bridgehead atoms. The maximum absolute atomic E-state index is 12.9. The third-order valence-corrected chi connectivity index (χ3v) is 3.10. The van der Waals surface area contributed by atoms with Gasteiger partial charge in [-0.2, -0.15) is 22.8 Å². The number of nitrogens with one attached hydrogen (secondary N) is 1. The summed E-state index contributed by atoms with van der Waals surface area (Å²) < 4.78 is 45.1. The molecular weight excluding hydrogens is 301 g/mol. The molecule has 0 aliphatic heterocycles. The number of alkyl halides is 3. The Hall–Kier alpha value is -2.91. The lowest BCUT2D eigenvalue weighted by molar-refractivity contribution is -0.144. The monoisotopic (exact) mass is 308 g/mol. The van der Waals surface area contributed by atoms with Gasteiger partial charge in [-0.1, -0.05) is 0 Å². The first-order chi connectivity index (χ1) is 10.4. The number of furan rings is 1. The van der Waals surface area contributed by atoms with E-state index in [-0.39, 0.29) is 17.2 Å². The van der Waals surface area contributed by atoms with E-state index < -0.39 is 12.0 Å². The lowest BCUT2D eigenvalue weighted by Crippen LogP contribution is -2.08. The van der Waals surface area contributed by atoms with E-state index in [4.69, 9.17) is 4.42 Å². The lowest BCUT2D eigenvalue weighted by Gasteiger charge is -2.00. The molecule has 0 aliphatic carbocycles. The molecule has 10 heteroatoms. The van der Waals surface area contributed by atoms with Crippen LogP contribution in [0.1, 0.15) is 11.6 Å². The Morgan fingerprint density at radius 1 is 1.23 bits per heavy atom. The molecule has 4 rings (SSSR count). The average molecular weight is 308 g/mol. The molecule has 4 aromatic heterocycles. The largest absolute Gasteiger partial charge is 0.458 e. The van der Waals surface area contributed by atoms with Gasteiger partial charge in [-0.25, -0.2) is 9.97 Å². The van der Waals surface area contributed by atoms with Crippen LogP contribution in [0.4, 0.5) is 13.2 Å². The van der Waals surface area contributed by atoms with Gasteiger partial charge >= 0.3 is 6.18 Å². The number of H-pyrrole nitrogens is 1. The Kier molecular flexibility index (Phi) is 2.36. The quantitative estimate of drug-likeness (QED) is 0.584. The Bertz CT molecular complexity index is 995. The van der Waals surface area contributed by atoms with Crippen molar-refractivity contribution in [2.24, 2.45) is 0 Å². The molecule has 22 heavy (non-hydrogen) atoms. The summed E-state index contributed by atoms with van der Waals surface area (Å²) in [5.41, 5.74) is 0.313. The molecule has 0 spiro atoms. The normalized spacial score (nSPS) is 12.5. The summed E-state index contributed by atoms with van der Waals surface area (Å²) in [5.74, 6) is -0.237. The molecule has 7 nitrogen and oxygen atoms in total. The molecule has 4 heterocycles. The molecule has 0 fully saturated rings. The molecule has 0 unspecified atom stereocenters. The topological polar surface area (TPSA) is 84.9 Å². The highest BCUT2D eigenvalue weighted by atomic mass is 19.4. The molecule has 112 valence electrons. The predicted molar refractivity (Wildman–Crippen MR) is 67.9 cm³/mol. The van der Waals surface area contributed by atoms with Crippen LogP contribution in [0.3, 0.4) is 0 Å². The Morgan fingerprint density at radius 3 is 2.73 bits per heavy atom. The number of aryl methyl sites for hydroxylation is 1. The number of rotatable bonds is 1. The van der Waals surface area contributed by atoms with Gasteiger partial charge in [0, 0.05) is 0 Å². The Morgan fingerprint density at radius 2 is 2.05 bits per heavy atom. The maximum atomic E-state index is 12.9. The van der Waals surface area contributed by atoms with E-state index >= 15 is 0 Å². The van der Waals surface area contributed by atoms with Crippen molar-refractivity contribution >= 4 is 16.7 Å². The van der Waals surface area contributed by atoms with Crippen LogP contribution in [0, 0.1) is 6.92 Å². The minimum Gasteiger partial charge on any atom is -0.458 e. The van der Waals surface area contributed by atoms with E-state index in [0.29, 0.717) is 16.8 Å². The van der Waals surface area contributed by atoms with Crippen molar-refractivity contribution < 1.29 is 17.6 Å².